The van der Waals surface area contributed by atoms with Crippen LogP contribution in [0.5, 0.6) is 5.75 Å². The third-order valence-corrected chi connectivity index (χ3v) is 3.73. The van der Waals surface area contributed by atoms with Crippen LogP contribution in [0.1, 0.15) is 6.42 Å². The third kappa shape index (κ3) is 2.75. The van der Waals surface area contributed by atoms with Crippen molar-refractivity contribution in [3.8, 4) is 5.75 Å². The van der Waals surface area contributed by atoms with Crippen molar-refractivity contribution in [1.29, 1.82) is 0 Å². The van der Waals surface area contributed by atoms with Crippen LogP contribution in [-0.4, -0.2) is 23.9 Å². The number of hydrogen-bond acceptors (Lipinski definition) is 2. The van der Waals surface area contributed by atoms with Crippen LogP contribution in [0.25, 0.3) is 0 Å². The van der Waals surface area contributed by atoms with E-state index in [1.165, 1.54) is 18.2 Å². The molecule has 1 amide bonds. The molecule has 1 saturated heterocycles. The van der Waals surface area contributed by atoms with Gasteiger partial charge in [0.25, 0.3) is 0 Å². The van der Waals surface area contributed by atoms with Crippen molar-refractivity contribution < 1.29 is 18.3 Å². The van der Waals surface area contributed by atoms with Crippen molar-refractivity contribution in [2.45, 2.75) is 17.9 Å². The van der Waals surface area contributed by atoms with Crippen LogP contribution < -0.4 is 9.64 Å². The molecule has 1 heterocycles. The standard InChI is InChI=1S/C11H9BrClF2NO2/c12-7-3-4-16(10(7)17)6-1-2-9(8(13)5-6)18-11(14)15/h1-2,5,7,11H,3-4H2. The average Bonchev–Trinajstić information content (AvgIpc) is 2.62. The van der Waals surface area contributed by atoms with Gasteiger partial charge in [0.2, 0.25) is 5.91 Å². The van der Waals surface area contributed by atoms with Gasteiger partial charge < -0.3 is 9.64 Å². The van der Waals surface area contributed by atoms with Gasteiger partial charge in [-0.05, 0) is 24.6 Å². The molecule has 1 aliphatic heterocycles. The van der Waals surface area contributed by atoms with Crippen LogP contribution in [0.4, 0.5) is 14.5 Å². The van der Waals surface area contributed by atoms with Crippen molar-refractivity contribution >= 4 is 39.1 Å². The molecule has 3 nitrogen and oxygen atoms in total. The summed E-state index contributed by atoms with van der Waals surface area (Å²) in [7, 11) is 0. The average molecular weight is 341 g/mol. The van der Waals surface area contributed by atoms with E-state index in [4.69, 9.17) is 11.6 Å². The number of carbonyl (C=O) groups excluding carboxylic acids is 1. The number of nitrogens with zero attached hydrogens (tertiary/aromatic N) is 1. The minimum absolute atomic E-state index is 0.0543. The number of amides is 1. The summed E-state index contributed by atoms with van der Waals surface area (Å²) >= 11 is 9.09. The lowest BCUT2D eigenvalue weighted by atomic mass is 10.3. The van der Waals surface area contributed by atoms with Gasteiger partial charge in [0.15, 0.2) is 0 Å². The van der Waals surface area contributed by atoms with Crippen molar-refractivity contribution in [2.75, 3.05) is 11.4 Å². The van der Waals surface area contributed by atoms with E-state index in [-0.39, 0.29) is 21.5 Å². The monoisotopic (exact) mass is 339 g/mol. The first-order valence-corrected chi connectivity index (χ1v) is 6.48. The smallest absolute Gasteiger partial charge is 0.387 e. The van der Waals surface area contributed by atoms with E-state index >= 15 is 0 Å². The molecule has 0 aromatic heterocycles. The van der Waals surface area contributed by atoms with E-state index in [1.807, 2.05) is 0 Å². The number of benzene rings is 1. The van der Waals surface area contributed by atoms with Gasteiger partial charge in [-0.25, -0.2) is 0 Å². The van der Waals surface area contributed by atoms with Gasteiger partial charge in [-0.3, -0.25) is 4.79 Å². The lowest BCUT2D eigenvalue weighted by molar-refractivity contribution is -0.116. The molecule has 1 aromatic rings. The molecule has 1 aliphatic rings. The predicted octanol–water partition coefficient (Wildman–Crippen LogP) is 3.44. The minimum atomic E-state index is -2.92. The second-order valence-corrected chi connectivity index (χ2v) is 5.25. The molecule has 1 aromatic carbocycles. The number of hydrogen-bond donors (Lipinski definition) is 0. The fraction of sp³-hybridized carbons (Fsp3) is 0.364. The predicted molar refractivity (Wildman–Crippen MR) is 67.8 cm³/mol. The van der Waals surface area contributed by atoms with Gasteiger partial charge in [0, 0.05) is 12.2 Å². The number of halogens is 4. The molecule has 1 unspecified atom stereocenters. The van der Waals surface area contributed by atoms with Crippen LogP contribution in [0, 0.1) is 0 Å². The van der Waals surface area contributed by atoms with Crippen molar-refractivity contribution in [3.05, 3.63) is 23.2 Å². The molecule has 2 rings (SSSR count). The fourth-order valence-electron chi connectivity index (χ4n) is 1.75. The number of ether oxygens (including phenoxy) is 1. The summed E-state index contributed by atoms with van der Waals surface area (Å²) in [6, 6.07) is 4.31. The minimum Gasteiger partial charge on any atom is -0.433 e. The molecule has 0 bridgehead atoms. The largest absolute Gasteiger partial charge is 0.433 e. The summed E-state index contributed by atoms with van der Waals surface area (Å²) in [5.41, 5.74) is 0.577. The SMILES string of the molecule is O=C1C(Br)CCN1c1ccc(OC(F)F)c(Cl)c1. The summed E-state index contributed by atoms with van der Waals surface area (Å²) in [6.07, 6.45) is 0.700. The molecular weight excluding hydrogens is 331 g/mol. The Labute approximate surface area is 116 Å². The molecule has 0 N–H and O–H groups in total. The summed E-state index contributed by atoms with van der Waals surface area (Å²) in [6.45, 7) is -2.35. The van der Waals surface area contributed by atoms with E-state index in [0.717, 1.165) is 0 Å². The van der Waals surface area contributed by atoms with E-state index in [2.05, 4.69) is 20.7 Å². The van der Waals surface area contributed by atoms with Crippen LogP contribution in [-0.2, 0) is 4.79 Å². The third-order valence-electron chi connectivity index (χ3n) is 2.58. The summed E-state index contributed by atoms with van der Waals surface area (Å²) in [5, 5.41) is 0.0543. The van der Waals surface area contributed by atoms with E-state index in [0.29, 0.717) is 18.7 Å². The van der Waals surface area contributed by atoms with Gasteiger partial charge in [-0.1, -0.05) is 27.5 Å². The Kier molecular flexibility index (Phi) is 4.07. The molecule has 0 saturated carbocycles. The molecule has 1 atom stereocenters. The summed E-state index contributed by atoms with van der Waals surface area (Å²) < 4.78 is 28.4. The fourth-order valence-corrected chi connectivity index (χ4v) is 2.42. The Balaban J connectivity index is 2.21. The first-order chi connectivity index (χ1) is 8.49. The van der Waals surface area contributed by atoms with E-state index < -0.39 is 6.61 Å². The van der Waals surface area contributed by atoms with Crippen LogP contribution in [0.2, 0.25) is 5.02 Å². The molecule has 98 valence electrons. The van der Waals surface area contributed by atoms with Gasteiger partial charge in [0.1, 0.15) is 5.75 Å². The Morgan fingerprint density at radius 1 is 1.50 bits per heavy atom. The molecule has 0 spiro atoms. The second-order valence-electron chi connectivity index (χ2n) is 3.74. The summed E-state index contributed by atoms with van der Waals surface area (Å²) in [4.78, 5) is 13.1. The Morgan fingerprint density at radius 3 is 2.72 bits per heavy atom. The lowest BCUT2D eigenvalue weighted by Crippen LogP contribution is -2.26. The van der Waals surface area contributed by atoms with Crippen molar-refractivity contribution in [1.82, 2.24) is 0 Å². The number of alkyl halides is 3. The van der Waals surface area contributed by atoms with Crippen LogP contribution >= 0.6 is 27.5 Å². The van der Waals surface area contributed by atoms with Crippen LogP contribution in [0.3, 0.4) is 0 Å². The summed E-state index contributed by atoms with van der Waals surface area (Å²) in [5.74, 6) is -0.161. The van der Waals surface area contributed by atoms with Crippen molar-refractivity contribution in [3.63, 3.8) is 0 Å². The topological polar surface area (TPSA) is 29.5 Å². The quantitative estimate of drug-likeness (QED) is 0.789. The van der Waals surface area contributed by atoms with Crippen LogP contribution in [0.15, 0.2) is 18.2 Å². The number of rotatable bonds is 3. The van der Waals surface area contributed by atoms with Gasteiger partial charge >= 0.3 is 6.61 Å². The first-order valence-electron chi connectivity index (χ1n) is 5.19. The maximum atomic E-state index is 12.1. The van der Waals surface area contributed by atoms with Crippen molar-refractivity contribution in [2.24, 2.45) is 0 Å². The normalized spacial score (nSPS) is 19.7. The molecular formula is C11H9BrClF2NO2. The number of carbonyl (C=O) groups is 1. The van der Waals surface area contributed by atoms with E-state index in [9.17, 15) is 13.6 Å². The van der Waals surface area contributed by atoms with Gasteiger partial charge in [-0.15, -0.1) is 0 Å². The van der Waals surface area contributed by atoms with E-state index in [1.54, 1.807) is 4.90 Å². The first kappa shape index (κ1) is 13.5. The molecule has 1 fully saturated rings. The Hall–Kier alpha value is -0.880. The maximum absolute atomic E-state index is 12.1. The maximum Gasteiger partial charge on any atom is 0.387 e. The highest BCUT2D eigenvalue weighted by molar-refractivity contribution is 9.10. The Bertz CT molecular complexity index is 472. The lowest BCUT2D eigenvalue weighted by Gasteiger charge is -2.17. The molecule has 18 heavy (non-hydrogen) atoms. The van der Waals surface area contributed by atoms with Gasteiger partial charge in [-0.2, -0.15) is 8.78 Å². The van der Waals surface area contributed by atoms with Gasteiger partial charge in [0.05, 0.1) is 9.85 Å². The zero-order valence-corrected chi connectivity index (χ0v) is 11.4. The highest BCUT2D eigenvalue weighted by atomic mass is 79.9. The highest BCUT2D eigenvalue weighted by Crippen LogP contribution is 2.33. The zero-order valence-electron chi connectivity index (χ0n) is 9.08. The molecule has 7 heteroatoms. The highest BCUT2D eigenvalue weighted by Gasteiger charge is 2.30. The zero-order chi connectivity index (χ0) is 13.3. The Morgan fingerprint density at radius 2 is 2.22 bits per heavy atom. The second kappa shape index (κ2) is 5.40. The molecule has 0 radical (unpaired) electrons. The number of anilines is 1. The molecule has 0 aliphatic carbocycles.